The van der Waals surface area contributed by atoms with Crippen molar-refractivity contribution in [1.82, 2.24) is 9.78 Å². The number of anilines is 1. The van der Waals surface area contributed by atoms with Gasteiger partial charge in [0.25, 0.3) is 0 Å². The Hall–Kier alpha value is -0.700. The molecule has 1 saturated carbocycles. The van der Waals surface area contributed by atoms with E-state index in [4.69, 9.17) is 17.3 Å². The van der Waals surface area contributed by atoms with Crippen LogP contribution in [-0.2, 0) is 7.05 Å². The fraction of sp³-hybridized carbons (Fsp3) is 0.667. The molecule has 4 heteroatoms. The zero-order valence-corrected chi connectivity index (χ0v) is 8.51. The maximum atomic E-state index is 6.09. The number of aryl methyl sites for hydroxylation is 1. The van der Waals surface area contributed by atoms with E-state index in [-0.39, 0.29) is 0 Å². The van der Waals surface area contributed by atoms with Crippen LogP contribution < -0.4 is 5.73 Å². The molecule has 2 N–H and O–H groups in total. The Morgan fingerprint density at radius 1 is 1.46 bits per heavy atom. The predicted molar refractivity (Wildman–Crippen MR) is 53.8 cm³/mol. The Morgan fingerprint density at radius 2 is 2.08 bits per heavy atom. The van der Waals surface area contributed by atoms with Crippen LogP contribution in [0, 0.1) is 0 Å². The van der Waals surface area contributed by atoms with Crippen LogP contribution in [-0.4, -0.2) is 9.78 Å². The SMILES string of the molecule is Cn1nc(N)c(Cl)c1C1CCCC1. The van der Waals surface area contributed by atoms with Gasteiger partial charge in [-0.2, -0.15) is 5.10 Å². The molecule has 0 saturated heterocycles. The van der Waals surface area contributed by atoms with E-state index < -0.39 is 0 Å². The first-order valence-electron chi connectivity index (χ1n) is 4.68. The summed E-state index contributed by atoms with van der Waals surface area (Å²) in [6, 6.07) is 0. The molecule has 1 heterocycles. The fourth-order valence-corrected chi connectivity index (χ4v) is 2.49. The second-order valence-electron chi connectivity index (χ2n) is 3.69. The van der Waals surface area contributed by atoms with Gasteiger partial charge in [-0.3, -0.25) is 4.68 Å². The molecule has 1 aliphatic rings. The lowest BCUT2D eigenvalue weighted by Gasteiger charge is -2.09. The van der Waals surface area contributed by atoms with Crippen molar-refractivity contribution >= 4 is 17.4 Å². The second kappa shape index (κ2) is 3.22. The molecule has 0 aromatic carbocycles. The first-order valence-corrected chi connectivity index (χ1v) is 5.06. The molecule has 1 aromatic rings. The standard InChI is InChI=1S/C9H14ClN3/c1-13-8(6-4-2-3-5-6)7(10)9(11)12-13/h6H,2-5H2,1H3,(H2,11,12). The van der Waals surface area contributed by atoms with E-state index in [2.05, 4.69) is 5.10 Å². The van der Waals surface area contributed by atoms with Crippen LogP contribution in [0.1, 0.15) is 37.3 Å². The number of nitrogen functional groups attached to an aromatic ring is 1. The Morgan fingerprint density at radius 3 is 2.54 bits per heavy atom. The van der Waals surface area contributed by atoms with Gasteiger partial charge in [0.05, 0.1) is 5.69 Å². The Balaban J connectivity index is 2.37. The lowest BCUT2D eigenvalue weighted by molar-refractivity contribution is 0.618. The van der Waals surface area contributed by atoms with Crippen LogP contribution in [0.3, 0.4) is 0 Å². The fourth-order valence-electron chi connectivity index (χ4n) is 2.18. The molecular weight excluding hydrogens is 186 g/mol. The van der Waals surface area contributed by atoms with Gasteiger partial charge in [0.15, 0.2) is 5.82 Å². The summed E-state index contributed by atoms with van der Waals surface area (Å²) in [4.78, 5) is 0. The minimum Gasteiger partial charge on any atom is -0.381 e. The van der Waals surface area contributed by atoms with Crippen molar-refractivity contribution in [3.05, 3.63) is 10.7 Å². The van der Waals surface area contributed by atoms with Crippen molar-refractivity contribution in [3.63, 3.8) is 0 Å². The lowest BCUT2D eigenvalue weighted by atomic mass is 10.0. The number of hydrogen-bond acceptors (Lipinski definition) is 2. The van der Waals surface area contributed by atoms with Crippen molar-refractivity contribution in [1.29, 1.82) is 0 Å². The highest BCUT2D eigenvalue weighted by molar-refractivity contribution is 6.33. The third-order valence-electron chi connectivity index (χ3n) is 2.80. The van der Waals surface area contributed by atoms with Crippen molar-refractivity contribution in [2.45, 2.75) is 31.6 Å². The minimum absolute atomic E-state index is 0.464. The molecule has 1 aromatic heterocycles. The van der Waals surface area contributed by atoms with Gasteiger partial charge in [-0.1, -0.05) is 24.4 Å². The number of nitrogens with two attached hydrogens (primary N) is 1. The molecular formula is C9H14ClN3. The minimum atomic E-state index is 0.464. The number of nitrogens with zero attached hydrogens (tertiary/aromatic N) is 2. The summed E-state index contributed by atoms with van der Waals surface area (Å²) >= 11 is 6.09. The van der Waals surface area contributed by atoms with Gasteiger partial charge >= 0.3 is 0 Å². The Bertz CT molecular complexity index is 313. The maximum absolute atomic E-state index is 6.09. The number of halogens is 1. The van der Waals surface area contributed by atoms with Crippen molar-refractivity contribution < 1.29 is 0 Å². The normalized spacial score (nSPS) is 18.3. The van der Waals surface area contributed by atoms with Gasteiger partial charge in [-0.05, 0) is 12.8 Å². The van der Waals surface area contributed by atoms with E-state index in [9.17, 15) is 0 Å². The summed E-state index contributed by atoms with van der Waals surface area (Å²) < 4.78 is 1.83. The molecule has 0 aliphatic heterocycles. The van der Waals surface area contributed by atoms with E-state index in [1.807, 2.05) is 11.7 Å². The van der Waals surface area contributed by atoms with Crippen LogP contribution in [0.5, 0.6) is 0 Å². The van der Waals surface area contributed by atoms with Crippen LogP contribution in [0.4, 0.5) is 5.82 Å². The second-order valence-corrected chi connectivity index (χ2v) is 4.07. The molecule has 0 bridgehead atoms. The van der Waals surface area contributed by atoms with Crippen LogP contribution in [0.15, 0.2) is 0 Å². The number of rotatable bonds is 1. The largest absolute Gasteiger partial charge is 0.381 e. The molecule has 0 amide bonds. The molecule has 0 spiro atoms. The average molecular weight is 200 g/mol. The molecule has 3 nitrogen and oxygen atoms in total. The Labute approximate surface area is 82.9 Å². The third kappa shape index (κ3) is 1.41. The molecule has 2 rings (SSSR count). The van der Waals surface area contributed by atoms with Gasteiger partial charge < -0.3 is 5.73 Å². The predicted octanol–water partition coefficient (Wildman–Crippen LogP) is 2.31. The topological polar surface area (TPSA) is 43.8 Å². The van der Waals surface area contributed by atoms with Gasteiger partial charge in [-0.15, -0.1) is 0 Å². The zero-order valence-electron chi connectivity index (χ0n) is 7.76. The summed E-state index contributed by atoms with van der Waals surface area (Å²) in [7, 11) is 1.91. The number of aromatic nitrogens is 2. The van der Waals surface area contributed by atoms with E-state index in [0.29, 0.717) is 16.8 Å². The molecule has 1 fully saturated rings. The van der Waals surface area contributed by atoms with Crippen LogP contribution >= 0.6 is 11.6 Å². The maximum Gasteiger partial charge on any atom is 0.164 e. The highest BCUT2D eigenvalue weighted by Gasteiger charge is 2.24. The summed E-state index contributed by atoms with van der Waals surface area (Å²) in [5.74, 6) is 1.04. The highest BCUT2D eigenvalue weighted by Crippen LogP contribution is 2.38. The molecule has 13 heavy (non-hydrogen) atoms. The van der Waals surface area contributed by atoms with E-state index in [1.54, 1.807) is 0 Å². The molecule has 0 unspecified atom stereocenters. The van der Waals surface area contributed by atoms with E-state index >= 15 is 0 Å². The number of hydrogen-bond donors (Lipinski definition) is 1. The van der Waals surface area contributed by atoms with E-state index in [1.165, 1.54) is 25.7 Å². The summed E-state index contributed by atoms with van der Waals surface area (Å²) in [5, 5.41) is 4.78. The van der Waals surface area contributed by atoms with Gasteiger partial charge in [-0.25, -0.2) is 0 Å². The average Bonchev–Trinajstić information content (AvgIpc) is 2.63. The van der Waals surface area contributed by atoms with Gasteiger partial charge in [0.1, 0.15) is 5.02 Å². The van der Waals surface area contributed by atoms with Crippen molar-refractivity contribution in [2.75, 3.05) is 5.73 Å². The summed E-state index contributed by atoms with van der Waals surface area (Å²) in [6.07, 6.45) is 5.04. The first kappa shape index (κ1) is 8.88. The lowest BCUT2D eigenvalue weighted by Crippen LogP contribution is -2.02. The molecule has 1 aliphatic carbocycles. The quantitative estimate of drug-likeness (QED) is 0.755. The monoisotopic (exact) mass is 199 g/mol. The van der Waals surface area contributed by atoms with Crippen LogP contribution in [0.25, 0.3) is 0 Å². The smallest absolute Gasteiger partial charge is 0.164 e. The summed E-state index contributed by atoms with van der Waals surface area (Å²) in [6.45, 7) is 0. The molecule has 72 valence electrons. The first-order chi connectivity index (χ1) is 6.20. The van der Waals surface area contributed by atoms with Gasteiger partial charge in [0, 0.05) is 13.0 Å². The van der Waals surface area contributed by atoms with Crippen LogP contribution in [0.2, 0.25) is 5.02 Å². The van der Waals surface area contributed by atoms with Crippen molar-refractivity contribution in [3.8, 4) is 0 Å². The van der Waals surface area contributed by atoms with Gasteiger partial charge in [0.2, 0.25) is 0 Å². The summed E-state index contributed by atoms with van der Waals surface area (Å²) in [5.41, 5.74) is 6.77. The zero-order chi connectivity index (χ0) is 9.42. The highest BCUT2D eigenvalue weighted by atomic mass is 35.5. The van der Waals surface area contributed by atoms with Crippen molar-refractivity contribution in [2.24, 2.45) is 7.05 Å². The molecule has 0 atom stereocenters. The Kier molecular flexibility index (Phi) is 2.20. The van der Waals surface area contributed by atoms with E-state index in [0.717, 1.165) is 5.69 Å². The molecule has 0 radical (unpaired) electrons. The third-order valence-corrected chi connectivity index (χ3v) is 3.19.